The smallest absolute Gasteiger partial charge is 0.340 e. The summed E-state index contributed by atoms with van der Waals surface area (Å²) in [5, 5.41) is 5.92. The molecule has 1 fully saturated rings. The summed E-state index contributed by atoms with van der Waals surface area (Å²) in [4.78, 5) is 28.5. The first-order valence-corrected chi connectivity index (χ1v) is 10.8. The zero-order chi connectivity index (χ0) is 20.9. The Hall–Kier alpha value is -2.68. The van der Waals surface area contributed by atoms with Gasteiger partial charge >= 0.3 is 5.97 Å². The molecule has 1 aliphatic rings. The lowest BCUT2D eigenvalue weighted by Crippen LogP contribution is -2.44. The lowest BCUT2D eigenvalue weighted by atomic mass is 10.2. The predicted octanol–water partition coefficient (Wildman–Crippen LogP) is 2.68. The number of hydrogen-bond acceptors (Lipinski definition) is 6. The first-order valence-electron chi connectivity index (χ1n) is 9.95. The van der Waals surface area contributed by atoms with E-state index in [9.17, 15) is 9.59 Å². The van der Waals surface area contributed by atoms with Gasteiger partial charge < -0.3 is 19.4 Å². The molecule has 0 spiro atoms. The van der Waals surface area contributed by atoms with Crippen molar-refractivity contribution in [2.45, 2.75) is 12.6 Å². The molecule has 1 N–H and O–H groups in total. The van der Waals surface area contributed by atoms with Crippen LogP contribution in [0.25, 0.3) is 10.9 Å². The summed E-state index contributed by atoms with van der Waals surface area (Å²) in [7, 11) is 1.36. The molecule has 1 aromatic carbocycles. The van der Waals surface area contributed by atoms with Crippen LogP contribution in [0, 0.1) is 0 Å². The zero-order valence-electron chi connectivity index (χ0n) is 16.9. The normalized spacial score (nSPS) is 15.8. The molecule has 0 saturated carbocycles. The number of amides is 1. The summed E-state index contributed by atoms with van der Waals surface area (Å²) in [5.74, 6) is -0.502. The molecule has 3 heterocycles. The van der Waals surface area contributed by atoms with Crippen molar-refractivity contribution < 1.29 is 19.1 Å². The number of benzene rings is 1. The van der Waals surface area contributed by atoms with Gasteiger partial charge in [0.2, 0.25) is 5.91 Å². The van der Waals surface area contributed by atoms with E-state index in [4.69, 9.17) is 9.47 Å². The highest BCUT2D eigenvalue weighted by molar-refractivity contribution is 7.10. The van der Waals surface area contributed by atoms with E-state index in [1.165, 1.54) is 12.0 Å². The van der Waals surface area contributed by atoms with Crippen molar-refractivity contribution in [2.24, 2.45) is 0 Å². The molecule has 1 atom stereocenters. The van der Waals surface area contributed by atoms with E-state index >= 15 is 0 Å². The average Bonchev–Trinajstić information content (AvgIpc) is 3.43. The van der Waals surface area contributed by atoms with Crippen LogP contribution in [0.15, 0.2) is 48.0 Å². The SMILES string of the molecule is COC(=O)c1cn(CC(=O)NC[C@@H](c2cccs2)N2CCOCC2)c2ccccc12. The molecule has 158 valence electrons. The maximum Gasteiger partial charge on any atom is 0.340 e. The number of carbonyl (C=O) groups is 2. The molecule has 30 heavy (non-hydrogen) atoms. The highest BCUT2D eigenvalue weighted by Crippen LogP contribution is 2.26. The van der Waals surface area contributed by atoms with Gasteiger partial charge in [-0.05, 0) is 17.5 Å². The van der Waals surface area contributed by atoms with Gasteiger partial charge in [0, 0.05) is 41.6 Å². The molecular formula is C22H25N3O4S. The highest BCUT2D eigenvalue weighted by Gasteiger charge is 2.24. The fourth-order valence-corrected chi connectivity index (χ4v) is 4.71. The van der Waals surface area contributed by atoms with Crippen molar-refractivity contribution in [3.05, 3.63) is 58.4 Å². The number of esters is 1. The fraction of sp³-hybridized carbons (Fsp3) is 0.364. The third-order valence-electron chi connectivity index (χ3n) is 5.36. The number of ether oxygens (including phenoxy) is 2. The quantitative estimate of drug-likeness (QED) is 0.587. The van der Waals surface area contributed by atoms with Gasteiger partial charge in [-0.1, -0.05) is 24.3 Å². The summed E-state index contributed by atoms with van der Waals surface area (Å²) in [5.41, 5.74) is 1.29. The maximum atomic E-state index is 12.8. The Morgan fingerprint density at radius 1 is 1.20 bits per heavy atom. The van der Waals surface area contributed by atoms with Crippen LogP contribution in [0.4, 0.5) is 0 Å². The van der Waals surface area contributed by atoms with Gasteiger partial charge in [0.1, 0.15) is 6.54 Å². The van der Waals surface area contributed by atoms with Crippen LogP contribution in [0.3, 0.4) is 0 Å². The van der Waals surface area contributed by atoms with Crippen molar-refractivity contribution in [3.8, 4) is 0 Å². The van der Waals surface area contributed by atoms with Gasteiger partial charge in [-0.2, -0.15) is 0 Å². The zero-order valence-corrected chi connectivity index (χ0v) is 17.7. The van der Waals surface area contributed by atoms with Crippen molar-refractivity contribution in [3.63, 3.8) is 0 Å². The third-order valence-corrected chi connectivity index (χ3v) is 6.33. The monoisotopic (exact) mass is 427 g/mol. The Kier molecular flexibility index (Phi) is 6.47. The molecule has 1 aliphatic heterocycles. The second-order valence-electron chi connectivity index (χ2n) is 7.16. The minimum atomic E-state index is -0.407. The van der Waals surface area contributed by atoms with Crippen molar-refractivity contribution in [2.75, 3.05) is 40.0 Å². The van der Waals surface area contributed by atoms with Crippen LogP contribution in [0.5, 0.6) is 0 Å². The summed E-state index contributed by atoms with van der Waals surface area (Å²) in [6.07, 6.45) is 1.69. The Morgan fingerprint density at radius 2 is 2.00 bits per heavy atom. The minimum Gasteiger partial charge on any atom is -0.465 e. The van der Waals surface area contributed by atoms with Crippen LogP contribution in [0.2, 0.25) is 0 Å². The standard InChI is InChI=1S/C22H25N3O4S/c1-28-22(27)17-14-25(18-6-3-2-5-16(17)18)15-21(26)23-13-19(20-7-4-12-30-20)24-8-10-29-11-9-24/h2-7,12,14,19H,8-11,13,15H2,1H3,(H,23,26)/t19-/m0/s1. The number of nitrogens with one attached hydrogen (secondary N) is 1. The number of rotatable bonds is 7. The van der Waals surface area contributed by atoms with Gasteiger partial charge in [0.25, 0.3) is 0 Å². The van der Waals surface area contributed by atoms with E-state index in [0.29, 0.717) is 25.3 Å². The van der Waals surface area contributed by atoms with E-state index in [0.717, 1.165) is 24.0 Å². The van der Waals surface area contributed by atoms with Crippen LogP contribution >= 0.6 is 11.3 Å². The number of para-hydroxylation sites is 1. The molecule has 0 aliphatic carbocycles. The molecule has 3 aromatic rings. The van der Waals surface area contributed by atoms with E-state index < -0.39 is 5.97 Å². The number of aromatic nitrogens is 1. The highest BCUT2D eigenvalue weighted by atomic mass is 32.1. The van der Waals surface area contributed by atoms with Gasteiger partial charge in [0.05, 0.1) is 31.9 Å². The van der Waals surface area contributed by atoms with Crippen LogP contribution < -0.4 is 5.32 Å². The Labute approximate surface area is 179 Å². The molecule has 7 nitrogen and oxygen atoms in total. The number of morpholine rings is 1. The lowest BCUT2D eigenvalue weighted by Gasteiger charge is -2.34. The van der Waals surface area contributed by atoms with Crippen molar-refractivity contribution >= 4 is 34.1 Å². The van der Waals surface area contributed by atoms with Gasteiger partial charge in [-0.15, -0.1) is 11.3 Å². The average molecular weight is 428 g/mol. The van der Waals surface area contributed by atoms with Gasteiger partial charge in [-0.3, -0.25) is 9.69 Å². The molecule has 0 unspecified atom stereocenters. The second-order valence-corrected chi connectivity index (χ2v) is 8.14. The van der Waals surface area contributed by atoms with Gasteiger partial charge in [0.15, 0.2) is 0 Å². The number of nitrogens with zero attached hydrogens (tertiary/aromatic N) is 2. The van der Waals surface area contributed by atoms with Crippen LogP contribution in [-0.2, 0) is 20.8 Å². The van der Waals surface area contributed by atoms with Crippen LogP contribution in [-0.4, -0.2) is 61.3 Å². The van der Waals surface area contributed by atoms with E-state index in [-0.39, 0.29) is 18.5 Å². The van der Waals surface area contributed by atoms with Gasteiger partial charge in [-0.25, -0.2) is 4.79 Å². The van der Waals surface area contributed by atoms with E-state index in [1.807, 2.05) is 30.3 Å². The van der Waals surface area contributed by atoms with Crippen molar-refractivity contribution in [1.29, 1.82) is 0 Å². The Bertz CT molecular complexity index is 1010. The predicted molar refractivity (Wildman–Crippen MR) is 116 cm³/mol. The summed E-state index contributed by atoms with van der Waals surface area (Å²) in [6.45, 7) is 3.79. The lowest BCUT2D eigenvalue weighted by molar-refractivity contribution is -0.122. The maximum absolute atomic E-state index is 12.8. The fourth-order valence-electron chi connectivity index (χ4n) is 3.85. The number of methoxy groups -OCH3 is 1. The van der Waals surface area contributed by atoms with Crippen molar-refractivity contribution in [1.82, 2.24) is 14.8 Å². The summed E-state index contributed by atoms with van der Waals surface area (Å²) in [6, 6.07) is 11.8. The summed E-state index contributed by atoms with van der Waals surface area (Å²) >= 11 is 1.70. The Balaban J connectivity index is 1.47. The van der Waals surface area contributed by atoms with E-state index in [2.05, 4.69) is 21.7 Å². The first kappa shape index (κ1) is 20.6. The molecule has 0 bridgehead atoms. The van der Waals surface area contributed by atoms with E-state index in [1.54, 1.807) is 22.1 Å². The second kappa shape index (κ2) is 9.42. The summed E-state index contributed by atoms with van der Waals surface area (Å²) < 4.78 is 12.2. The molecule has 2 aromatic heterocycles. The third kappa shape index (κ3) is 4.40. The molecular weight excluding hydrogens is 402 g/mol. The number of hydrogen-bond donors (Lipinski definition) is 1. The molecule has 8 heteroatoms. The molecule has 1 saturated heterocycles. The topological polar surface area (TPSA) is 72.8 Å². The number of fused-ring (bicyclic) bond motifs is 1. The number of carbonyl (C=O) groups excluding carboxylic acids is 2. The first-order chi connectivity index (χ1) is 14.7. The molecule has 0 radical (unpaired) electrons. The minimum absolute atomic E-state index is 0.0954. The Morgan fingerprint density at radius 3 is 2.73 bits per heavy atom. The molecule has 4 rings (SSSR count). The van der Waals surface area contributed by atoms with Crippen LogP contribution in [0.1, 0.15) is 21.3 Å². The number of thiophene rings is 1. The largest absolute Gasteiger partial charge is 0.465 e. The molecule has 1 amide bonds.